The lowest BCUT2D eigenvalue weighted by atomic mass is 9.94. The first kappa shape index (κ1) is 18.5. The molecule has 0 N–H and O–H groups in total. The predicted octanol–water partition coefficient (Wildman–Crippen LogP) is 4.95. The third-order valence-corrected chi connectivity index (χ3v) is 6.45. The van der Waals surface area contributed by atoms with Gasteiger partial charge >= 0.3 is 0 Å². The number of benzene rings is 2. The van der Waals surface area contributed by atoms with Gasteiger partial charge in [-0.05, 0) is 29.8 Å². The quantitative estimate of drug-likeness (QED) is 0.421. The van der Waals surface area contributed by atoms with E-state index < -0.39 is 5.38 Å². The standard InChI is InChI=1S/C19H14Cl2N6OS/c20-12-7-5-11(6-8-12)17-16(21)18(28)27(17)19-25-24-15(29-19)9-26-10-22-23-13-3-1-2-4-14(13)26/h1-8,16-17H,9-10H2. The lowest BCUT2D eigenvalue weighted by Gasteiger charge is -2.42. The molecule has 1 fully saturated rings. The molecule has 29 heavy (non-hydrogen) atoms. The Morgan fingerprint density at radius 1 is 1.10 bits per heavy atom. The maximum atomic E-state index is 12.4. The van der Waals surface area contributed by atoms with E-state index in [1.54, 1.807) is 17.0 Å². The van der Waals surface area contributed by atoms with Crippen LogP contribution in [0.2, 0.25) is 5.02 Å². The molecule has 7 nitrogen and oxygen atoms in total. The molecule has 0 saturated carbocycles. The zero-order valence-electron chi connectivity index (χ0n) is 14.9. The number of carbonyl (C=O) groups is 1. The SMILES string of the molecule is O=C1C(Cl)C(c2ccc(Cl)cc2)N1c1nnc(CN2CN=Nc3ccccc32)s1. The van der Waals surface area contributed by atoms with Crippen LogP contribution in [0.15, 0.2) is 58.8 Å². The van der Waals surface area contributed by atoms with Gasteiger partial charge in [0.1, 0.15) is 22.7 Å². The van der Waals surface area contributed by atoms with Crippen LogP contribution in [0.4, 0.5) is 16.5 Å². The summed E-state index contributed by atoms with van der Waals surface area (Å²) < 4.78 is 0. The molecule has 2 aromatic carbocycles. The lowest BCUT2D eigenvalue weighted by Crippen LogP contribution is -2.56. The highest BCUT2D eigenvalue weighted by Gasteiger charge is 2.49. The molecular weight excluding hydrogens is 431 g/mol. The summed E-state index contributed by atoms with van der Waals surface area (Å²) in [6.07, 6.45) is 0. The second-order valence-electron chi connectivity index (χ2n) is 6.65. The number of rotatable bonds is 4. The monoisotopic (exact) mass is 444 g/mol. The Hall–Kier alpha value is -2.55. The fourth-order valence-electron chi connectivity index (χ4n) is 3.43. The number of azo groups is 1. The number of alkyl halides is 1. The van der Waals surface area contributed by atoms with Gasteiger partial charge in [-0.25, -0.2) is 0 Å². The van der Waals surface area contributed by atoms with Crippen LogP contribution in [-0.2, 0) is 11.3 Å². The van der Waals surface area contributed by atoms with Crippen LogP contribution in [0.1, 0.15) is 16.6 Å². The van der Waals surface area contributed by atoms with E-state index in [9.17, 15) is 4.79 Å². The minimum atomic E-state index is -0.627. The van der Waals surface area contributed by atoms with E-state index in [0.29, 0.717) is 23.4 Å². The molecule has 146 valence electrons. The van der Waals surface area contributed by atoms with Crippen LogP contribution >= 0.6 is 34.5 Å². The van der Waals surface area contributed by atoms with E-state index >= 15 is 0 Å². The number of β-lactam (4-membered cyclic amide) rings is 1. The number of fused-ring (bicyclic) bond motifs is 1. The molecule has 2 aliphatic rings. The van der Waals surface area contributed by atoms with Crippen molar-refractivity contribution in [1.82, 2.24) is 10.2 Å². The molecular formula is C19H14Cl2N6OS. The van der Waals surface area contributed by atoms with Crippen LogP contribution in [0, 0.1) is 0 Å². The lowest BCUT2D eigenvalue weighted by molar-refractivity contribution is -0.123. The van der Waals surface area contributed by atoms with Gasteiger partial charge in [-0.1, -0.05) is 47.2 Å². The molecule has 10 heteroatoms. The second-order valence-corrected chi connectivity index (χ2v) is 8.60. The van der Waals surface area contributed by atoms with Gasteiger partial charge in [-0.3, -0.25) is 9.69 Å². The maximum absolute atomic E-state index is 12.4. The van der Waals surface area contributed by atoms with Gasteiger partial charge in [-0.2, -0.15) is 10.2 Å². The van der Waals surface area contributed by atoms with Crippen molar-refractivity contribution in [2.45, 2.75) is 18.0 Å². The van der Waals surface area contributed by atoms with Crippen LogP contribution in [0.5, 0.6) is 0 Å². The van der Waals surface area contributed by atoms with Crippen molar-refractivity contribution in [3.8, 4) is 0 Å². The maximum Gasteiger partial charge on any atom is 0.250 e. The highest BCUT2D eigenvalue weighted by atomic mass is 35.5. The van der Waals surface area contributed by atoms with E-state index in [1.807, 2.05) is 36.4 Å². The summed E-state index contributed by atoms with van der Waals surface area (Å²) in [7, 11) is 0. The second kappa shape index (κ2) is 7.37. The molecule has 1 amide bonds. The minimum Gasteiger partial charge on any atom is -0.342 e. The Balaban J connectivity index is 1.38. The molecule has 1 aromatic heterocycles. The van der Waals surface area contributed by atoms with Crippen molar-refractivity contribution in [2.75, 3.05) is 16.5 Å². The van der Waals surface area contributed by atoms with Crippen molar-refractivity contribution < 1.29 is 4.79 Å². The fraction of sp³-hybridized carbons (Fsp3) is 0.211. The Bertz CT molecular complexity index is 1100. The topological polar surface area (TPSA) is 74.1 Å². The molecule has 2 unspecified atom stereocenters. The number of hydrogen-bond donors (Lipinski definition) is 0. The third kappa shape index (κ3) is 3.27. The number of hydrogen-bond acceptors (Lipinski definition) is 7. The molecule has 0 spiro atoms. The van der Waals surface area contributed by atoms with Gasteiger partial charge < -0.3 is 4.90 Å². The number of amides is 1. The predicted molar refractivity (Wildman–Crippen MR) is 113 cm³/mol. The average molecular weight is 445 g/mol. The molecule has 3 heterocycles. The van der Waals surface area contributed by atoms with E-state index in [0.717, 1.165) is 21.9 Å². The van der Waals surface area contributed by atoms with Crippen molar-refractivity contribution in [2.24, 2.45) is 10.2 Å². The van der Waals surface area contributed by atoms with Crippen molar-refractivity contribution in [1.29, 1.82) is 0 Å². The average Bonchev–Trinajstić information content (AvgIpc) is 3.20. The van der Waals surface area contributed by atoms with Crippen LogP contribution in [0.3, 0.4) is 0 Å². The Morgan fingerprint density at radius 2 is 1.90 bits per heavy atom. The largest absolute Gasteiger partial charge is 0.342 e. The van der Waals surface area contributed by atoms with Crippen molar-refractivity contribution in [3.63, 3.8) is 0 Å². The Labute approximate surface area is 180 Å². The van der Waals surface area contributed by atoms with Gasteiger partial charge in [0.15, 0.2) is 0 Å². The van der Waals surface area contributed by atoms with Crippen LogP contribution in [-0.4, -0.2) is 28.2 Å². The first-order valence-electron chi connectivity index (χ1n) is 8.88. The van der Waals surface area contributed by atoms with Gasteiger partial charge in [-0.15, -0.1) is 21.8 Å². The van der Waals surface area contributed by atoms with Gasteiger partial charge in [0.05, 0.1) is 18.3 Å². The van der Waals surface area contributed by atoms with Crippen molar-refractivity contribution >= 4 is 57.0 Å². The number of nitrogens with zero attached hydrogens (tertiary/aromatic N) is 6. The van der Waals surface area contributed by atoms with Crippen LogP contribution in [0.25, 0.3) is 0 Å². The smallest absolute Gasteiger partial charge is 0.250 e. The first-order chi connectivity index (χ1) is 14.1. The normalized spacial score (nSPS) is 20.6. The molecule has 0 aliphatic carbocycles. The summed E-state index contributed by atoms with van der Waals surface area (Å²) in [5.74, 6) is -0.175. The Kier molecular flexibility index (Phi) is 4.69. The number of para-hydroxylation sites is 1. The summed E-state index contributed by atoms with van der Waals surface area (Å²) in [6, 6.07) is 14.9. The number of anilines is 2. The van der Waals surface area contributed by atoms with E-state index in [2.05, 4.69) is 25.3 Å². The summed E-state index contributed by atoms with van der Waals surface area (Å²) in [5, 5.41) is 18.2. The van der Waals surface area contributed by atoms with Gasteiger partial charge in [0.2, 0.25) is 11.0 Å². The highest BCUT2D eigenvalue weighted by Crippen LogP contribution is 2.43. The number of halogens is 2. The molecule has 0 radical (unpaired) electrons. The molecule has 1 saturated heterocycles. The van der Waals surface area contributed by atoms with Crippen LogP contribution < -0.4 is 9.80 Å². The zero-order valence-corrected chi connectivity index (χ0v) is 17.3. The summed E-state index contributed by atoms with van der Waals surface area (Å²) in [4.78, 5) is 16.1. The van der Waals surface area contributed by atoms with Gasteiger partial charge in [0, 0.05) is 5.02 Å². The van der Waals surface area contributed by atoms with E-state index in [-0.39, 0.29) is 11.9 Å². The van der Waals surface area contributed by atoms with E-state index in [1.165, 1.54) is 11.3 Å². The summed E-state index contributed by atoms with van der Waals surface area (Å²) >= 11 is 13.7. The van der Waals surface area contributed by atoms with E-state index in [4.69, 9.17) is 23.2 Å². The summed E-state index contributed by atoms with van der Waals surface area (Å²) in [5.41, 5.74) is 2.74. The number of aromatic nitrogens is 2. The zero-order chi connectivity index (χ0) is 20.0. The first-order valence-corrected chi connectivity index (χ1v) is 10.5. The van der Waals surface area contributed by atoms with Crippen molar-refractivity contribution in [3.05, 3.63) is 64.1 Å². The molecule has 5 rings (SSSR count). The molecule has 3 aromatic rings. The fourth-order valence-corrected chi connectivity index (χ4v) is 4.81. The molecule has 2 atom stereocenters. The minimum absolute atomic E-state index is 0.175. The Morgan fingerprint density at radius 3 is 2.72 bits per heavy atom. The summed E-state index contributed by atoms with van der Waals surface area (Å²) in [6.45, 7) is 0.984. The number of carbonyl (C=O) groups excluding carboxylic acids is 1. The highest BCUT2D eigenvalue weighted by molar-refractivity contribution is 7.15. The molecule has 0 bridgehead atoms. The molecule has 2 aliphatic heterocycles. The van der Waals surface area contributed by atoms with Gasteiger partial charge in [0.25, 0.3) is 0 Å². The third-order valence-electron chi connectivity index (χ3n) is 4.86.